The van der Waals surface area contributed by atoms with Crippen molar-refractivity contribution in [1.29, 1.82) is 0 Å². The number of amides is 1. The van der Waals surface area contributed by atoms with Crippen LogP contribution in [0.25, 0.3) is 5.69 Å². The number of anilines is 2. The van der Waals surface area contributed by atoms with Crippen LogP contribution >= 0.6 is 12.2 Å². The van der Waals surface area contributed by atoms with E-state index in [0.29, 0.717) is 28.9 Å². The predicted molar refractivity (Wildman–Crippen MR) is 109 cm³/mol. The van der Waals surface area contributed by atoms with Crippen molar-refractivity contribution >= 4 is 41.8 Å². The second-order valence-electron chi connectivity index (χ2n) is 6.35. The van der Waals surface area contributed by atoms with Crippen LogP contribution in [0, 0.1) is 4.77 Å². The van der Waals surface area contributed by atoms with E-state index in [1.54, 1.807) is 48.5 Å². The Morgan fingerprint density at radius 2 is 2.03 bits per heavy atom. The number of tetrazole rings is 1. The van der Waals surface area contributed by atoms with E-state index in [1.165, 1.54) is 16.5 Å². The van der Waals surface area contributed by atoms with Crippen molar-refractivity contribution in [3.05, 3.63) is 58.9 Å². The minimum Gasteiger partial charge on any atom is -0.548 e. The summed E-state index contributed by atoms with van der Waals surface area (Å²) in [5.41, 5.74) is 2.00. The molecule has 30 heavy (non-hydrogen) atoms. The molecule has 0 bridgehead atoms. The van der Waals surface area contributed by atoms with Crippen LogP contribution in [-0.2, 0) is 9.59 Å². The lowest BCUT2D eigenvalue weighted by atomic mass is 10.1. The Bertz CT molecular complexity index is 1120. The number of aromatic nitrogens is 4. The molecule has 1 unspecified atom stereocenters. The molecule has 154 valence electrons. The number of aromatic amines is 1. The van der Waals surface area contributed by atoms with Gasteiger partial charge in [0.25, 0.3) is 0 Å². The number of hydrogen-bond acceptors (Lipinski definition) is 8. The molecular formula is C19H17N6O4S-. The van der Waals surface area contributed by atoms with Gasteiger partial charge in [-0.2, -0.15) is 5.21 Å². The number of rotatable bonds is 8. The van der Waals surface area contributed by atoms with Gasteiger partial charge in [0.2, 0.25) is 10.7 Å². The summed E-state index contributed by atoms with van der Waals surface area (Å²) >= 11 is 5.06. The smallest absolute Gasteiger partial charge is 0.243 e. The maximum absolute atomic E-state index is 12.6. The fourth-order valence-electron chi connectivity index (χ4n) is 2.77. The van der Waals surface area contributed by atoms with Crippen molar-refractivity contribution in [3.63, 3.8) is 0 Å². The van der Waals surface area contributed by atoms with Gasteiger partial charge in [-0.05, 0) is 61.6 Å². The van der Waals surface area contributed by atoms with E-state index in [4.69, 9.17) is 12.2 Å². The molecule has 0 radical (unpaired) electrons. The Kier molecular flexibility index (Phi) is 6.32. The van der Waals surface area contributed by atoms with Gasteiger partial charge in [0, 0.05) is 16.9 Å². The third-order valence-electron chi connectivity index (χ3n) is 4.34. The molecule has 1 aromatic heterocycles. The number of nitrogens with one attached hydrogen (secondary N) is 2. The average Bonchev–Trinajstić information content (AvgIpc) is 3.17. The highest BCUT2D eigenvalue weighted by Gasteiger charge is 2.19. The number of nitrogens with zero attached hydrogens (tertiary/aromatic N) is 4. The first-order valence-electron chi connectivity index (χ1n) is 8.82. The van der Waals surface area contributed by atoms with Crippen LogP contribution in [0.1, 0.15) is 17.3 Å². The molecule has 0 fully saturated rings. The summed E-state index contributed by atoms with van der Waals surface area (Å²) < 4.78 is 1.69. The monoisotopic (exact) mass is 425 g/mol. The van der Waals surface area contributed by atoms with Gasteiger partial charge >= 0.3 is 0 Å². The van der Waals surface area contributed by atoms with Gasteiger partial charge in [-0.25, -0.2) is 4.68 Å². The van der Waals surface area contributed by atoms with Crippen molar-refractivity contribution in [2.45, 2.75) is 13.0 Å². The number of carbonyl (C=O) groups is 3. The number of aldehydes is 1. The number of carbonyl (C=O) groups excluding carboxylic acids is 3. The average molecular weight is 425 g/mol. The van der Waals surface area contributed by atoms with Crippen LogP contribution in [0.15, 0.2) is 48.5 Å². The van der Waals surface area contributed by atoms with Gasteiger partial charge < -0.3 is 20.1 Å². The van der Waals surface area contributed by atoms with Crippen molar-refractivity contribution in [2.75, 3.05) is 16.8 Å². The largest absolute Gasteiger partial charge is 0.548 e. The first-order valence-corrected chi connectivity index (χ1v) is 9.23. The number of carboxylic acids is 1. The summed E-state index contributed by atoms with van der Waals surface area (Å²) in [5, 5.41) is 24.1. The Balaban J connectivity index is 1.79. The molecule has 2 N–H and O–H groups in total. The predicted octanol–water partition coefficient (Wildman–Crippen LogP) is 0.721. The number of aliphatic carboxylic acids is 1. The van der Waals surface area contributed by atoms with Crippen molar-refractivity contribution in [2.24, 2.45) is 0 Å². The van der Waals surface area contributed by atoms with Crippen LogP contribution in [0.5, 0.6) is 0 Å². The maximum Gasteiger partial charge on any atom is 0.243 e. The molecule has 2 aromatic carbocycles. The zero-order valence-corrected chi connectivity index (χ0v) is 16.6. The Morgan fingerprint density at radius 1 is 1.30 bits per heavy atom. The van der Waals surface area contributed by atoms with Crippen LogP contribution in [0.2, 0.25) is 0 Å². The molecule has 0 aliphatic rings. The first-order chi connectivity index (χ1) is 14.4. The fraction of sp³-hybridized carbons (Fsp3) is 0.158. The highest BCUT2D eigenvalue weighted by Crippen LogP contribution is 2.19. The second-order valence-corrected chi connectivity index (χ2v) is 6.71. The third kappa shape index (κ3) is 4.75. The molecule has 1 amide bonds. The SMILES string of the molecule is CC(C(=O)[O-])N(CC(=O)Nc1cccc(-n2[nH]nnc2=S)c1)c1ccc(C=O)cc1. The molecule has 10 nitrogen and oxygen atoms in total. The van der Waals surface area contributed by atoms with E-state index < -0.39 is 17.9 Å². The van der Waals surface area contributed by atoms with E-state index in [1.807, 2.05) is 0 Å². The Hall–Kier alpha value is -3.86. The van der Waals surface area contributed by atoms with Gasteiger partial charge in [0.15, 0.2) is 0 Å². The van der Waals surface area contributed by atoms with Crippen LogP contribution in [-0.4, -0.2) is 51.0 Å². The maximum atomic E-state index is 12.6. The third-order valence-corrected chi connectivity index (χ3v) is 4.61. The molecule has 0 saturated carbocycles. The fourth-order valence-corrected chi connectivity index (χ4v) is 2.95. The highest BCUT2D eigenvalue weighted by atomic mass is 32.1. The zero-order chi connectivity index (χ0) is 21.7. The minimum absolute atomic E-state index is 0.228. The van der Waals surface area contributed by atoms with Crippen molar-refractivity contribution in [1.82, 2.24) is 20.2 Å². The molecule has 0 saturated heterocycles. The van der Waals surface area contributed by atoms with Crippen LogP contribution in [0.4, 0.5) is 11.4 Å². The van der Waals surface area contributed by atoms with E-state index >= 15 is 0 Å². The van der Waals surface area contributed by atoms with Crippen LogP contribution < -0.4 is 15.3 Å². The molecular weight excluding hydrogens is 408 g/mol. The standard InChI is InChI=1S/C19H18N6O4S/c1-12(18(28)29)24(15-7-5-13(11-26)6-8-15)10-17(27)20-14-3-2-4-16(9-14)25-19(30)21-22-23-25/h2-9,11-12H,10H2,1H3,(H,20,27)(H,28,29)(H,21,23,30)/p-1. The molecule has 0 aliphatic heterocycles. The molecule has 0 aliphatic carbocycles. The summed E-state index contributed by atoms with van der Waals surface area (Å²) in [6.07, 6.45) is 0.678. The quantitative estimate of drug-likeness (QED) is 0.398. The molecule has 3 aromatic rings. The molecule has 1 atom stereocenters. The zero-order valence-electron chi connectivity index (χ0n) is 15.8. The lowest BCUT2D eigenvalue weighted by Gasteiger charge is -2.31. The van der Waals surface area contributed by atoms with Crippen LogP contribution in [0.3, 0.4) is 0 Å². The number of carboxylic acid groups (broad SMARTS) is 1. The number of H-pyrrole nitrogens is 1. The Morgan fingerprint density at radius 3 is 2.63 bits per heavy atom. The summed E-state index contributed by atoms with van der Waals surface area (Å²) in [6, 6.07) is 12.0. The number of benzene rings is 2. The van der Waals surface area contributed by atoms with Gasteiger partial charge in [-0.15, -0.1) is 0 Å². The van der Waals surface area contributed by atoms with Gasteiger partial charge in [-0.1, -0.05) is 16.4 Å². The molecule has 0 spiro atoms. The minimum atomic E-state index is -1.33. The molecule has 3 rings (SSSR count). The second kappa shape index (κ2) is 9.09. The normalized spacial score (nSPS) is 11.5. The van der Waals surface area contributed by atoms with Gasteiger partial charge in [0.05, 0.1) is 24.2 Å². The highest BCUT2D eigenvalue weighted by molar-refractivity contribution is 7.71. The lowest BCUT2D eigenvalue weighted by Crippen LogP contribution is -2.49. The Labute approximate surface area is 176 Å². The lowest BCUT2D eigenvalue weighted by molar-refractivity contribution is -0.307. The summed E-state index contributed by atoms with van der Waals surface area (Å²) in [7, 11) is 0. The molecule has 11 heteroatoms. The van der Waals surface area contributed by atoms with E-state index in [9.17, 15) is 19.5 Å². The van der Waals surface area contributed by atoms with E-state index in [2.05, 4.69) is 20.8 Å². The number of hydrogen-bond donors (Lipinski definition) is 2. The molecule has 1 heterocycles. The van der Waals surface area contributed by atoms with Crippen molar-refractivity contribution in [3.8, 4) is 5.69 Å². The van der Waals surface area contributed by atoms with E-state index in [0.717, 1.165) is 0 Å². The van der Waals surface area contributed by atoms with Crippen molar-refractivity contribution < 1.29 is 19.5 Å². The summed E-state index contributed by atoms with van der Waals surface area (Å²) in [4.78, 5) is 36.3. The summed E-state index contributed by atoms with van der Waals surface area (Å²) in [6.45, 7) is 1.18. The van der Waals surface area contributed by atoms with Gasteiger partial charge in [-0.3, -0.25) is 9.59 Å². The van der Waals surface area contributed by atoms with E-state index in [-0.39, 0.29) is 11.3 Å². The first kappa shape index (κ1) is 20.9. The summed E-state index contributed by atoms with van der Waals surface area (Å²) in [5.74, 6) is -1.77. The topological polar surface area (TPSA) is 136 Å². The van der Waals surface area contributed by atoms with Gasteiger partial charge in [0.1, 0.15) is 6.29 Å².